The van der Waals surface area contributed by atoms with E-state index in [2.05, 4.69) is 4.72 Å². The minimum atomic E-state index is -3.91. The molecule has 0 aliphatic heterocycles. The molecule has 1 aromatic rings. The summed E-state index contributed by atoms with van der Waals surface area (Å²) < 4.78 is 26.8. The van der Waals surface area contributed by atoms with Gasteiger partial charge in [-0.1, -0.05) is 13.8 Å². The molecule has 6 nitrogen and oxygen atoms in total. The molecule has 0 saturated heterocycles. The first kappa shape index (κ1) is 15.5. The van der Waals surface area contributed by atoms with Gasteiger partial charge in [-0.15, -0.1) is 0 Å². The summed E-state index contributed by atoms with van der Waals surface area (Å²) in [4.78, 5) is 10.8. The molecule has 0 fully saturated rings. The zero-order valence-electron chi connectivity index (χ0n) is 11.0. The number of hydrogen-bond acceptors (Lipinski definition) is 4. The summed E-state index contributed by atoms with van der Waals surface area (Å²) in [7, 11) is -3.91. The quantitative estimate of drug-likeness (QED) is 0.706. The molecule has 0 saturated carbocycles. The standard InChI is InChI=1S/C12H18N2O4S/c1-7(2)8(3)14-19(17,18)11-6-9(13)4-5-10(11)12(15)16/h4-8,14H,13H2,1-3H3,(H,15,16). The molecular formula is C12H18N2O4S. The van der Waals surface area contributed by atoms with Crippen molar-refractivity contribution in [1.29, 1.82) is 0 Å². The lowest BCUT2D eigenvalue weighted by molar-refractivity contribution is 0.0692. The van der Waals surface area contributed by atoms with Gasteiger partial charge in [0.05, 0.1) is 10.5 Å². The third-order valence-electron chi connectivity index (χ3n) is 2.87. The third-order valence-corrected chi connectivity index (χ3v) is 4.47. The number of nitrogen functional groups attached to an aromatic ring is 1. The van der Waals surface area contributed by atoms with Gasteiger partial charge in [-0.05, 0) is 31.0 Å². The number of anilines is 1. The van der Waals surface area contributed by atoms with Crippen molar-refractivity contribution in [3.8, 4) is 0 Å². The van der Waals surface area contributed by atoms with Gasteiger partial charge >= 0.3 is 5.97 Å². The van der Waals surface area contributed by atoms with E-state index in [9.17, 15) is 13.2 Å². The van der Waals surface area contributed by atoms with Crippen molar-refractivity contribution in [3.63, 3.8) is 0 Å². The second kappa shape index (κ2) is 5.58. The third kappa shape index (κ3) is 3.68. The normalized spacial score (nSPS) is 13.5. The van der Waals surface area contributed by atoms with Crippen molar-refractivity contribution < 1.29 is 18.3 Å². The SMILES string of the molecule is CC(C)C(C)NS(=O)(=O)c1cc(N)ccc1C(=O)O. The Morgan fingerprint density at radius 1 is 1.32 bits per heavy atom. The maximum atomic E-state index is 12.2. The molecule has 0 bridgehead atoms. The van der Waals surface area contributed by atoms with Crippen LogP contribution in [-0.2, 0) is 10.0 Å². The molecule has 4 N–H and O–H groups in total. The van der Waals surface area contributed by atoms with Crippen LogP contribution in [0.25, 0.3) is 0 Å². The van der Waals surface area contributed by atoms with Crippen LogP contribution in [0.5, 0.6) is 0 Å². The molecule has 0 aliphatic carbocycles. The van der Waals surface area contributed by atoms with Gasteiger partial charge in [0.15, 0.2) is 0 Å². The lowest BCUT2D eigenvalue weighted by atomic mass is 10.1. The van der Waals surface area contributed by atoms with Gasteiger partial charge in [0.25, 0.3) is 0 Å². The minimum Gasteiger partial charge on any atom is -0.478 e. The fraction of sp³-hybridized carbons (Fsp3) is 0.417. The molecule has 0 heterocycles. The second-order valence-corrected chi connectivity index (χ2v) is 6.40. The Morgan fingerprint density at radius 2 is 1.89 bits per heavy atom. The molecule has 0 aromatic heterocycles. The van der Waals surface area contributed by atoms with E-state index in [1.54, 1.807) is 6.92 Å². The highest BCUT2D eigenvalue weighted by Crippen LogP contribution is 2.20. The zero-order valence-corrected chi connectivity index (χ0v) is 11.9. The molecule has 1 unspecified atom stereocenters. The predicted molar refractivity (Wildman–Crippen MR) is 72.4 cm³/mol. The Kier molecular flexibility index (Phi) is 4.54. The van der Waals surface area contributed by atoms with Crippen LogP contribution in [0, 0.1) is 5.92 Å². The van der Waals surface area contributed by atoms with Crippen LogP contribution >= 0.6 is 0 Å². The van der Waals surface area contributed by atoms with Crippen LogP contribution in [0.1, 0.15) is 31.1 Å². The number of carbonyl (C=O) groups is 1. The van der Waals surface area contributed by atoms with E-state index in [1.807, 2.05) is 13.8 Å². The van der Waals surface area contributed by atoms with Gasteiger partial charge in [0.1, 0.15) is 0 Å². The van der Waals surface area contributed by atoms with Crippen molar-refractivity contribution >= 4 is 21.7 Å². The van der Waals surface area contributed by atoms with Gasteiger partial charge in [-0.3, -0.25) is 0 Å². The van der Waals surface area contributed by atoms with E-state index in [-0.39, 0.29) is 28.1 Å². The number of rotatable bonds is 5. The average molecular weight is 286 g/mol. The molecule has 19 heavy (non-hydrogen) atoms. The van der Waals surface area contributed by atoms with Crippen LogP contribution in [-0.4, -0.2) is 25.5 Å². The molecule has 0 radical (unpaired) electrons. The summed E-state index contributed by atoms with van der Waals surface area (Å²) in [6.07, 6.45) is 0. The number of sulfonamides is 1. The molecule has 1 rings (SSSR count). The molecular weight excluding hydrogens is 268 g/mol. The van der Waals surface area contributed by atoms with Gasteiger partial charge in [0.2, 0.25) is 10.0 Å². The monoisotopic (exact) mass is 286 g/mol. The van der Waals surface area contributed by atoms with Crippen molar-refractivity contribution in [3.05, 3.63) is 23.8 Å². The molecule has 0 spiro atoms. The summed E-state index contributed by atoms with van der Waals surface area (Å²) in [6, 6.07) is 3.38. The number of carboxylic acid groups (broad SMARTS) is 1. The number of nitrogens with two attached hydrogens (primary N) is 1. The Balaban J connectivity index is 3.28. The van der Waals surface area contributed by atoms with E-state index in [0.717, 1.165) is 6.07 Å². The zero-order chi connectivity index (χ0) is 14.8. The second-order valence-electron chi connectivity index (χ2n) is 4.71. The summed E-state index contributed by atoms with van der Waals surface area (Å²) in [5, 5.41) is 9.03. The highest BCUT2D eigenvalue weighted by molar-refractivity contribution is 7.89. The Bertz CT molecular complexity index is 581. The van der Waals surface area contributed by atoms with Crippen molar-refractivity contribution in [2.75, 3.05) is 5.73 Å². The van der Waals surface area contributed by atoms with Gasteiger partial charge in [0, 0.05) is 11.7 Å². The first-order valence-corrected chi connectivity index (χ1v) is 7.28. The van der Waals surface area contributed by atoms with Gasteiger partial charge in [-0.2, -0.15) is 0 Å². The number of nitrogens with one attached hydrogen (secondary N) is 1. The molecule has 1 aromatic carbocycles. The molecule has 7 heteroatoms. The largest absolute Gasteiger partial charge is 0.478 e. The highest BCUT2D eigenvalue weighted by Gasteiger charge is 2.25. The van der Waals surface area contributed by atoms with Crippen molar-refractivity contribution in [1.82, 2.24) is 4.72 Å². The number of carboxylic acids is 1. The first-order chi connectivity index (χ1) is 8.65. The molecule has 0 amide bonds. The molecule has 106 valence electrons. The van der Waals surface area contributed by atoms with E-state index >= 15 is 0 Å². The highest BCUT2D eigenvalue weighted by atomic mass is 32.2. The van der Waals surface area contributed by atoms with Gasteiger partial charge < -0.3 is 10.8 Å². The number of hydrogen-bond donors (Lipinski definition) is 3. The minimum absolute atomic E-state index is 0.0871. The summed E-state index contributed by atoms with van der Waals surface area (Å²) in [6.45, 7) is 5.45. The Morgan fingerprint density at radius 3 is 2.37 bits per heavy atom. The fourth-order valence-corrected chi connectivity index (χ4v) is 3.01. The van der Waals surface area contributed by atoms with Crippen molar-refractivity contribution in [2.24, 2.45) is 5.92 Å². The van der Waals surface area contributed by atoms with E-state index in [0.29, 0.717) is 0 Å². The lowest BCUT2D eigenvalue weighted by Gasteiger charge is -2.18. The van der Waals surface area contributed by atoms with Crippen LogP contribution < -0.4 is 10.5 Å². The van der Waals surface area contributed by atoms with Crippen molar-refractivity contribution in [2.45, 2.75) is 31.7 Å². The molecule has 0 aliphatic rings. The summed E-state index contributed by atoms with van der Waals surface area (Å²) in [5.41, 5.74) is 5.43. The topological polar surface area (TPSA) is 109 Å². The Hall–Kier alpha value is -1.60. The fourth-order valence-electron chi connectivity index (χ4n) is 1.38. The lowest BCUT2D eigenvalue weighted by Crippen LogP contribution is -2.36. The van der Waals surface area contributed by atoms with Crippen LogP contribution in [0.15, 0.2) is 23.1 Å². The molecule has 1 atom stereocenters. The van der Waals surface area contributed by atoms with E-state index in [1.165, 1.54) is 12.1 Å². The van der Waals surface area contributed by atoms with E-state index in [4.69, 9.17) is 10.8 Å². The smallest absolute Gasteiger partial charge is 0.337 e. The average Bonchev–Trinajstić information content (AvgIpc) is 2.27. The number of aromatic carboxylic acids is 1. The van der Waals surface area contributed by atoms with E-state index < -0.39 is 16.0 Å². The first-order valence-electron chi connectivity index (χ1n) is 5.80. The summed E-state index contributed by atoms with van der Waals surface area (Å²) in [5.74, 6) is -1.22. The van der Waals surface area contributed by atoms with Crippen LogP contribution in [0.4, 0.5) is 5.69 Å². The predicted octanol–water partition coefficient (Wildman–Crippen LogP) is 1.29. The summed E-state index contributed by atoms with van der Waals surface area (Å²) >= 11 is 0. The van der Waals surface area contributed by atoms with Crippen LogP contribution in [0.3, 0.4) is 0 Å². The number of benzene rings is 1. The van der Waals surface area contributed by atoms with Crippen LogP contribution in [0.2, 0.25) is 0 Å². The Labute approximate surface area is 112 Å². The maximum absolute atomic E-state index is 12.2. The maximum Gasteiger partial charge on any atom is 0.337 e. The van der Waals surface area contributed by atoms with Gasteiger partial charge in [-0.25, -0.2) is 17.9 Å².